The minimum Gasteiger partial charge on any atom is -0.496 e. The van der Waals surface area contributed by atoms with E-state index in [2.05, 4.69) is 95.3 Å². The van der Waals surface area contributed by atoms with Crippen LogP contribution < -0.4 is 18.9 Å². The number of carboxylic acids is 2. The van der Waals surface area contributed by atoms with Gasteiger partial charge < -0.3 is 29.2 Å². The summed E-state index contributed by atoms with van der Waals surface area (Å²) in [4.78, 5) is 23.3. The molecule has 0 saturated carbocycles. The van der Waals surface area contributed by atoms with Gasteiger partial charge in [0.2, 0.25) is 0 Å². The van der Waals surface area contributed by atoms with Crippen LogP contribution in [-0.2, 0) is 32.1 Å². The summed E-state index contributed by atoms with van der Waals surface area (Å²) in [7, 11) is 6.90. The number of carbonyl (C=O) groups is 2. The van der Waals surface area contributed by atoms with E-state index >= 15 is 0 Å². The standard InChI is InChI=1S/C59H60O8/c1-11-39-20-34(2)45(30-54(39)64-7)26-50-22-36(4)47(32-56(50)66-9)28-51-23-37(5)46(33-57(51)67-10)27-49-21-35(3)44(31-55(49)65-8)25-48-29-52(40-12-16-42(17-13-40)58(60)61)38(6)24-53(48)41-14-18-43(19-15-41)59(62)63/h12-24,29-33H,11,25-28H2,1-10H3,(H,60,61)(H,62,63). The van der Waals surface area contributed by atoms with Gasteiger partial charge in [-0.3, -0.25) is 0 Å². The Labute approximate surface area is 394 Å². The molecule has 8 heteroatoms. The number of hydrogen-bond acceptors (Lipinski definition) is 6. The average molecular weight is 897 g/mol. The molecule has 0 spiro atoms. The third-order valence-electron chi connectivity index (χ3n) is 13.2. The molecule has 7 aromatic carbocycles. The lowest BCUT2D eigenvalue weighted by Crippen LogP contribution is -2.04. The van der Waals surface area contributed by atoms with E-state index in [0.29, 0.717) is 19.3 Å². The Morgan fingerprint density at radius 3 is 1.01 bits per heavy atom. The van der Waals surface area contributed by atoms with Gasteiger partial charge in [0.05, 0.1) is 39.6 Å². The molecule has 67 heavy (non-hydrogen) atoms. The number of hydrogen-bond donors (Lipinski definition) is 2. The van der Waals surface area contributed by atoms with Crippen LogP contribution in [0, 0.1) is 34.6 Å². The SMILES string of the molecule is CCc1cc(C)c(Cc2cc(C)c(Cc3cc(C)c(Cc4cc(C)c(Cc5cc(-c6ccc(C(=O)O)cc6)c(C)cc5-c5ccc(C(=O)O)cc5)cc4OC)cc3OC)cc2OC)cc1OC. The monoisotopic (exact) mass is 896 g/mol. The summed E-state index contributed by atoms with van der Waals surface area (Å²) in [6.07, 6.45) is 3.55. The van der Waals surface area contributed by atoms with Crippen molar-refractivity contribution in [3.8, 4) is 45.3 Å². The van der Waals surface area contributed by atoms with Gasteiger partial charge in [-0.2, -0.15) is 0 Å². The van der Waals surface area contributed by atoms with E-state index in [0.717, 1.165) is 108 Å². The fourth-order valence-corrected chi connectivity index (χ4v) is 9.26. The van der Waals surface area contributed by atoms with Crippen molar-refractivity contribution in [2.75, 3.05) is 28.4 Å². The molecule has 0 aliphatic heterocycles. The zero-order valence-electron chi connectivity index (χ0n) is 40.3. The van der Waals surface area contributed by atoms with Crippen molar-refractivity contribution in [1.82, 2.24) is 0 Å². The van der Waals surface area contributed by atoms with Crippen LogP contribution in [0.3, 0.4) is 0 Å². The van der Waals surface area contributed by atoms with Crippen LogP contribution in [0.1, 0.15) is 106 Å². The van der Waals surface area contributed by atoms with Gasteiger partial charge in [0, 0.05) is 19.3 Å². The molecule has 8 nitrogen and oxygen atoms in total. The molecule has 0 heterocycles. The van der Waals surface area contributed by atoms with Crippen molar-refractivity contribution in [3.05, 3.63) is 198 Å². The molecule has 0 aliphatic rings. The van der Waals surface area contributed by atoms with E-state index < -0.39 is 11.9 Å². The summed E-state index contributed by atoms with van der Waals surface area (Å²) in [5, 5.41) is 19.1. The lowest BCUT2D eigenvalue weighted by Gasteiger charge is -2.20. The second-order valence-electron chi connectivity index (χ2n) is 17.5. The Morgan fingerprint density at radius 2 is 0.687 bits per heavy atom. The molecular weight excluding hydrogens is 837 g/mol. The normalized spacial score (nSPS) is 11.1. The Kier molecular flexibility index (Phi) is 14.5. The van der Waals surface area contributed by atoms with E-state index in [-0.39, 0.29) is 11.1 Å². The summed E-state index contributed by atoms with van der Waals surface area (Å²) < 4.78 is 23.9. The molecule has 0 aliphatic carbocycles. The molecule has 0 atom stereocenters. The number of aromatic carboxylic acids is 2. The largest absolute Gasteiger partial charge is 0.496 e. The van der Waals surface area contributed by atoms with Crippen LogP contribution in [0.5, 0.6) is 23.0 Å². The quantitative estimate of drug-likeness (QED) is 0.0930. The molecule has 0 unspecified atom stereocenters. The third kappa shape index (κ3) is 10.4. The fourth-order valence-electron chi connectivity index (χ4n) is 9.26. The minimum absolute atomic E-state index is 0.221. The van der Waals surface area contributed by atoms with Crippen molar-refractivity contribution in [1.29, 1.82) is 0 Å². The van der Waals surface area contributed by atoms with Gasteiger partial charge in [0.25, 0.3) is 0 Å². The molecule has 0 radical (unpaired) electrons. The van der Waals surface area contributed by atoms with E-state index in [1.807, 2.05) is 31.2 Å². The molecule has 0 aromatic heterocycles. The fraction of sp³-hybridized carbons (Fsp3) is 0.254. The molecule has 0 saturated heterocycles. The summed E-state index contributed by atoms with van der Waals surface area (Å²) in [5.41, 5.74) is 20.1. The molecule has 344 valence electrons. The van der Waals surface area contributed by atoms with E-state index in [1.165, 1.54) is 27.8 Å². The van der Waals surface area contributed by atoms with Gasteiger partial charge in [0.15, 0.2) is 0 Å². The van der Waals surface area contributed by atoms with E-state index in [1.54, 1.807) is 52.7 Å². The molecule has 0 bridgehead atoms. The van der Waals surface area contributed by atoms with Crippen molar-refractivity contribution >= 4 is 11.9 Å². The Hall–Kier alpha value is -7.32. The molecule has 7 aromatic rings. The maximum absolute atomic E-state index is 11.7. The Morgan fingerprint density at radius 1 is 0.373 bits per heavy atom. The number of methoxy groups -OCH3 is 4. The molecule has 0 fully saturated rings. The number of rotatable bonds is 17. The van der Waals surface area contributed by atoms with Crippen LogP contribution in [-0.4, -0.2) is 50.6 Å². The smallest absolute Gasteiger partial charge is 0.335 e. The van der Waals surface area contributed by atoms with Crippen LogP contribution in [0.2, 0.25) is 0 Å². The Bertz CT molecular complexity index is 2980. The lowest BCUT2D eigenvalue weighted by atomic mass is 9.86. The van der Waals surface area contributed by atoms with Crippen LogP contribution in [0.15, 0.2) is 109 Å². The van der Waals surface area contributed by atoms with Crippen molar-refractivity contribution in [2.45, 2.75) is 73.6 Å². The topological polar surface area (TPSA) is 112 Å². The van der Waals surface area contributed by atoms with Gasteiger partial charge in [0.1, 0.15) is 23.0 Å². The molecule has 7 rings (SSSR count). The van der Waals surface area contributed by atoms with E-state index in [4.69, 9.17) is 18.9 Å². The summed E-state index contributed by atoms with van der Waals surface area (Å²) in [6.45, 7) is 12.8. The average Bonchev–Trinajstić information content (AvgIpc) is 3.32. The first-order valence-electron chi connectivity index (χ1n) is 22.6. The second kappa shape index (κ2) is 20.5. The van der Waals surface area contributed by atoms with Gasteiger partial charge >= 0.3 is 11.9 Å². The predicted molar refractivity (Wildman–Crippen MR) is 267 cm³/mol. The summed E-state index contributed by atoms with van der Waals surface area (Å²) in [6, 6.07) is 35.7. The minimum atomic E-state index is -0.977. The zero-order chi connectivity index (χ0) is 48.1. The van der Waals surface area contributed by atoms with Crippen molar-refractivity contribution < 1.29 is 38.7 Å². The third-order valence-corrected chi connectivity index (χ3v) is 13.2. The second-order valence-corrected chi connectivity index (χ2v) is 17.5. The summed E-state index contributed by atoms with van der Waals surface area (Å²) >= 11 is 0. The highest BCUT2D eigenvalue weighted by atomic mass is 16.5. The van der Waals surface area contributed by atoms with Gasteiger partial charge in [-0.25, -0.2) is 9.59 Å². The first kappa shape index (κ1) is 47.6. The van der Waals surface area contributed by atoms with Gasteiger partial charge in [-0.05, 0) is 202 Å². The van der Waals surface area contributed by atoms with Crippen molar-refractivity contribution in [3.63, 3.8) is 0 Å². The Balaban J connectivity index is 1.18. The van der Waals surface area contributed by atoms with Crippen LogP contribution in [0.4, 0.5) is 0 Å². The maximum Gasteiger partial charge on any atom is 0.335 e. The van der Waals surface area contributed by atoms with Crippen LogP contribution in [0.25, 0.3) is 22.3 Å². The molecular formula is C59H60O8. The summed E-state index contributed by atoms with van der Waals surface area (Å²) in [5.74, 6) is 1.44. The number of aryl methyl sites for hydroxylation is 6. The molecule has 2 N–H and O–H groups in total. The van der Waals surface area contributed by atoms with Gasteiger partial charge in [-0.15, -0.1) is 0 Å². The highest BCUT2D eigenvalue weighted by Gasteiger charge is 2.19. The number of carboxylic acid groups (broad SMARTS) is 2. The number of benzene rings is 7. The zero-order valence-corrected chi connectivity index (χ0v) is 40.3. The molecule has 0 amide bonds. The number of ether oxygens (including phenoxy) is 4. The first-order valence-corrected chi connectivity index (χ1v) is 22.6. The van der Waals surface area contributed by atoms with Gasteiger partial charge in [-0.1, -0.05) is 61.5 Å². The van der Waals surface area contributed by atoms with E-state index in [9.17, 15) is 19.8 Å². The maximum atomic E-state index is 11.7. The van der Waals surface area contributed by atoms with Crippen LogP contribution >= 0.6 is 0 Å². The highest BCUT2D eigenvalue weighted by Crippen LogP contribution is 2.38. The lowest BCUT2D eigenvalue weighted by molar-refractivity contribution is 0.0686. The predicted octanol–water partition coefficient (Wildman–Crippen LogP) is 12.9. The highest BCUT2D eigenvalue weighted by molar-refractivity contribution is 5.89. The first-order chi connectivity index (χ1) is 32.1. The van der Waals surface area contributed by atoms with Crippen molar-refractivity contribution in [2.24, 2.45) is 0 Å².